The van der Waals surface area contributed by atoms with Gasteiger partial charge in [-0.2, -0.15) is 0 Å². The molecule has 0 fully saturated rings. The first-order chi connectivity index (χ1) is 70.1. The van der Waals surface area contributed by atoms with Gasteiger partial charge in [0, 0.05) is 51.5 Å². The summed E-state index contributed by atoms with van der Waals surface area (Å²) in [4.78, 5) is 0.482. The first kappa shape index (κ1) is 89.1. The van der Waals surface area contributed by atoms with Crippen LogP contribution >= 0.6 is 22.7 Å². The van der Waals surface area contributed by atoms with Crippen molar-refractivity contribution in [2.75, 3.05) is 0 Å². The van der Waals surface area contributed by atoms with Gasteiger partial charge in [-0.1, -0.05) is 303 Å². The molecule has 145 heavy (non-hydrogen) atoms. The van der Waals surface area contributed by atoms with Gasteiger partial charge >= 0.3 is 0 Å². The molecule has 0 aliphatic heterocycles. The molecule has 0 N–H and O–H groups in total. The molecule has 0 saturated heterocycles. The summed E-state index contributed by atoms with van der Waals surface area (Å²) in [7, 11) is -4.92. The fourth-order valence-electron chi connectivity index (χ4n) is 23.2. The van der Waals surface area contributed by atoms with Crippen LogP contribution in [0.3, 0.4) is 0 Å². The van der Waals surface area contributed by atoms with Crippen LogP contribution in [0.2, 0.25) is 0 Å². The summed E-state index contributed by atoms with van der Waals surface area (Å²) in [6.45, 7) is 25.0. The van der Waals surface area contributed by atoms with E-state index >= 15 is 8.42 Å². The number of hydrogen-bond donors (Lipinski definition) is 0. The highest BCUT2D eigenvalue weighted by Crippen LogP contribution is 2.58. The van der Waals surface area contributed by atoms with Gasteiger partial charge < -0.3 is 18.9 Å². The van der Waals surface area contributed by atoms with Crippen molar-refractivity contribution in [3.8, 4) is 112 Å². The Morgan fingerprint density at radius 1 is 0.179 bits per heavy atom. The third-order valence-corrected chi connectivity index (χ3v) is 32.8. The zero-order chi connectivity index (χ0) is 98.6. The Hall–Kier alpha value is -16.0. The number of ether oxygens (including phenoxy) is 4. The average Bonchev–Trinajstić information content (AvgIpc) is 1.52. The van der Waals surface area contributed by atoms with Crippen molar-refractivity contribution < 1.29 is 27.4 Å². The minimum absolute atomic E-state index is 0.241. The first-order valence-electron chi connectivity index (χ1n) is 50.0. The van der Waals surface area contributed by atoms with Crippen LogP contribution in [-0.2, 0) is 9.84 Å². The molecule has 26 aromatic rings. The maximum absolute atomic E-state index is 19.6. The summed E-state index contributed by atoms with van der Waals surface area (Å²) in [5, 5.41) is 28.4. The van der Waals surface area contributed by atoms with E-state index in [1.807, 2.05) is 0 Å². The van der Waals surface area contributed by atoms with E-state index in [9.17, 15) is 0 Å². The second-order valence-electron chi connectivity index (χ2n) is 42.9. The maximum atomic E-state index is 19.6. The van der Waals surface area contributed by atoms with Gasteiger partial charge in [0.1, 0.15) is 45.4 Å². The minimum Gasteiger partial charge on any atom is -0.488 e. The van der Waals surface area contributed by atoms with E-state index in [2.05, 4.69) is 483 Å². The smallest absolute Gasteiger partial charge is 0.209 e. The van der Waals surface area contributed by atoms with Gasteiger partial charge in [-0.15, -0.1) is 22.7 Å². The SMILES string of the molecule is CC(C)(C)Oc1ccc2cc(-c3c4ccccc4c(-c4ccc5c(c4)sc4ccc(-c6c7ccccc7c(-c7ccc8cc(OC(C)(C)C)ccc8c7)c7ccccc67)c(S(=O)(=O)c6c(-c7c8ccccc8c(-c8ccc9cc(OC(C)(C)C)ccc9c8)c8ccccc78)ccc7sc8cc(-c9c%10ccccc%10c(-c%10ccc%11cc(OC(C)(C)C)ccc%11c%10)c%10ccccc9%10)ccc8c67)c45)c4ccccc34)ccc2c1. The lowest BCUT2D eigenvalue weighted by atomic mass is 9.85. The molecular formula is C136H102O6S3. The van der Waals surface area contributed by atoms with Crippen LogP contribution in [0, 0.1) is 0 Å². The predicted molar refractivity (Wildman–Crippen MR) is 619 cm³/mol. The summed E-state index contributed by atoms with van der Waals surface area (Å²) in [5.41, 5.74) is 14.4. The highest BCUT2D eigenvalue weighted by Gasteiger charge is 2.37. The molecule has 0 unspecified atom stereocenters. The van der Waals surface area contributed by atoms with E-state index in [1.165, 1.54) is 0 Å². The van der Waals surface area contributed by atoms with Gasteiger partial charge in [-0.3, -0.25) is 0 Å². The molecule has 0 atom stereocenters. The van der Waals surface area contributed by atoms with Crippen molar-refractivity contribution in [3.05, 3.63) is 400 Å². The van der Waals surface area contributed by atoms with Crippen molar-refractivity contribution in [3.63, 3.8) is 0 Å². The fourth-order valence-corrected chi connectivity index (χ4v) is 27.7. The van der Waals surface area contributed by atoms with Crippen molar-refractivity contribution in [2.24, 2.45) is 0 Å². The lowest BCUT2D eigenvalue weighted by Crippen LogP contribution is -2.22. The molecule has 0 radical (unpaired) electrons. The second-order valence-corrected chi connectivity index (χ2v) is 46.9. The first-order valence-corrected chi connectivity index (χ1v) is 53.1. The molecule has 0 amide bonds. The summed E-state index contributed by atoms with van der Waals surface area (Å²) in [5.74, 6) is 3.30. The van der Waals surface area contributed by atoms with Crippen molar-refractivity contribution >= 4 is 202 Å². The maximum Gasteiger partial charge on any atom is 0.209 e. The third kappa shape index (κ3) is 15.3. The Labute approximate surface area is 850 Å². The van der Waals surface area contributed by atoms with E-state index in [1.54, 1.807) is 22.7 Å². The number of rotatable bonds is 14. The van der Waals surface area contributed by atoms with Gasteiger partial charge in [0.15, 0.2) is 0 Å². The molecule has 0 spiro atoms. The molecule has 2 heterocycles. The van der Waals surface area contributed by atoms with Crippen LogP contribution in [0.5, 0.6) is 23.0 Å². The van der Waals surface area contributed by atoms with Crippen molar-refractivity contribution in [1.29, 1.82) is 0 Å². The molecule has 6 nitrogen and oxygen atoms in total. The Kier molecular flexibility index (Phi) is 20.6. The van der Waals surface area contributed by atoms with Gasteiger partial charge in [0.25, 0.3) is 0 Å². The van der Waals surface area contributed by atoms with Gasteiger partial charge in [-0.25, -0.2) is 8.42 Å². The largest absolute Gasteiger partial charge is 0.488 e. The molecular weight excluding hydrogens is 1830 g/mol. The molecule has 0 aliphatic carbocycles. The highest BCUT2D eigenvalue weighted by molar-refractivity contribution is 7.92. The van der Waals surface area contributed by atoms with Gasteiger partial charge in [0.05, 0.1) is 9.79 Å². The number of benzene rings is 24. The van der Waals surface area contributed by atoms with E-state index in [-0.39, 0.29) is 32.2 Å². The molecule has 26 rings (SSSR count). The van der Waals surface area contributed by atoms with Crippen LogP contribution in [0.4, 0.5) is 0 Å². The van der Waals surface area contributed by atoms with Gasteiger partial charge in [0.2, 0.25) is 9.84 Å². The number of thiophene rings is 2. The quantitative estimate of drug-likeness (QED) is 0.101. The van der Waals surface area contributed by atoms with E-state index < -0.39 is 9.84 Å². The molecule has 700 valence electrons. The summed E-state index contributed by atoms with van der Waals surface area (Å²) in [6, 6.07) is 145. The third-order valence-electron chi connectivity index (χ3n) is 28.7. The zero-order valence-electron chi connectivity index (χ0n) is 82.8. The minimum atomic E-state index is -4.92. The van der Waals surface area contributed by atoms with E-state index in [4.69, 9.17) is 18.9 Å². The Balaban J connectivity index is 0.741. The normalized spacial score (nSPS) is 12.6. The molecule has 0 bridgehead atoms. The number of sulfone groups is 1. The molecule has 24 aromatic carbocycles. The average molecular weight is 1930 g/mol. The molecule has 0 saturated carbocycles. The number of hydrogen-bond acceptors (Lipinski definition) is 8. The Bertz CT molecular complexity index is 9370. The topological polar surface area (TPSA) is 71.1 Å². The molecule has 2 aromatic heterocycles. The molecule has 9 heteroatoms. The summed E-state index contributed by atoms with van der Waals surface area (Å²) in [6.07, 6.45) is 0. The van der Waals surface area contributed by atoms with Crippen molar-refractivity contribution in [2.45, 2.75) is 115 Å². The Morgan fingerprint density at radius 3 is 0.579 bits per heavy atom. The van der Waals surface area contributed by atoms with Crippen LogP contribution in [0.25, 0.3) is 259 Å². The van der Waals surface area contributed by atoms with E-state index in [0.29, 0.717) is 21.9 Å². The summed E-state index contributed by atoms with van der Waals surface area (Å²) < 4.78 is 68.5. The zero-order valence-corrected chi connectivity index (χ0v) is 85.2. The highest BCUT2D eigenvalue weighted by atomic mass is 32.2. The summed E-state index contributed by atoms with van der Waals surface area (Å²) >= 11 is 3.31. The standard InChI is InChI=1S/C136H102O6S3/c1-133(2,3)139-93-59-53-79-69-87(49-45-83(79)73-93)121-97-29-13-17-33-101(97)125(102-34-18-14-30-98(102)121)91-57-63-113-119(77-91)143-117-67-65-115(127-109-41-25-21-37-105(109)123(106-38-22-26-42-110(106)127)89-51-47-85-75-95(141-135(7,8)9)61-55-81(85)71-89)131(129(113)117)145(137,138)132-116(128-111-43-27-23-39-107(111)124(108-40-24-28-44-112(108)128)90-52-48-86-76-96(142-136(10,11)12)62-56-82(86)72-90)66-68-118-130(132)114-64-58-92(78-120(114)144-118)126-103-35-19-15-31-99(103)122(100-32-16-20-36-104(100)126)88-50-46-84-74-94(140-134(4,5)6)60-54-80(84)70-88/h13-78H,1-12H3. The van der Waals surface area contributed by atoms with E-state index in [0.717, 1.165) is 260 Å². The van der Waals surface area contributed by atoms with Crippen molar-refractivity contribution in [1.82, 2.24) is 0 Å². The fraction of sp³-hybridized carbons (Fsp3) is 0.118. The lowest BCUT2D eigenvalue weighted by molar-refractivity contribution is 0.130. The second kappa shape index (κ2) is 33.6. The van der Waals surface area contributed by atoms with Crippen LogP contribution in [-0.4, -0.2) is 30.8 Å². The monoisotopic (exact) mass is 1930 g/mol. The Morgan fingerprint density at radius 2 is 0.366 bits per heavy atom. The van der Waals surface area contributed by atoms with Crippen LogP contribution < -0.4 is 18.9 Å². The van der Waals surface area contributed by atoms with Crippen LogP contribution in [0.15, 0.2) is 410 Å². The molecule has 0 aliphatic rings. The lowest BCUT2D eigenvalue weighted by Gasteiger charge is -2.23. The van der Waals surface area contributed by atoms with Crippen LogP contribution in [0.1, 0.15) is 83.1 Å². The number of fused-ring (bicyclic) bond motifs is 18. The van der Waals surface area contributed by atoms with Gasteiger partial charge in [-0.05, 0) is 387 Å². The predicted octanol–water partition coefficient (Wildman–Crippen LogP) is 39.1.